The van der Waals surface area contributed by atoms with E-state index in [4.69, 9.17) is 0 Å². The van der Waals surface area contributed by atoms with Crippen LogP contribution in [0.5, 0.6) is 0 Å². The molecule has 1 heteroatoms. The molecule has 2 atom stereocenters. The largest absolute Gasteiger partial charge is 0.150 e. The average Bonchev–Trinajstić information content (AvgIpc) is 2.33. The molecule has 1 aliphatic rings. The summed E-state index contributed by atoms with van der Waals surface area (Å²) in [7, 11) is 0. The van der Waals surface area contributed by atoms with Crippen molar-refractivity contribution in [2.75, 3.05) is 0 Å². The van der Waals surface area contributed by atoms with Gasteiger partial charge in [0.1, 0.15) is 0 Å². The van der Waals surface area contributed by atoms with Gasteiger partial charge in [-0.2, -0.15) is 0 Å². The van der Waals surface area contributed by atoms with Gasteiger partial charge in [-0.3, -0.25) is 0 Å². The predicted molar refractivity (Wildman–Crippen MR) is 73.2 cm³/mol. The standard InChI is InChI=1S/C15H23B/c1-3-15-11-7-8-13(2)16(15)12-14-9-5-4-6-10-14/h4-6,9-10,13,15H,3,7-8,11-12H2,1-2H3. The maximum atomic E-state index is 2.45. The van der Waals surface area contributed by atoms with E-state index in [9.17, 15) is 0 Å². The number of hydrogen-bond donors (Lipinski definition) is 0. The molecule has 0 aliphatic carbocycles. The van der Waals surface area contributed by atoms with Crippen LogP contribution in [0.25, 0.3) is 0 Å². The van der Waals surface area contributed by atoms with E-state index in [0.29, 0.717) is 0 Å². The van der Waals surface area contributed by atoms with Gasteiger partial charge in [-0.1, -0.05) is 87.1 Å². The molecule has 0 spiro atoms. The van der Waals surface area contributed by atoms with Crippen LogP contribution in [-0.4, -0.2) is 6.71 Å². The van der Waals surface area contributed by atoms with Crippen LogP contribution in [0.15, 0.2) is 30.3 Å². The second kappa shape index (κ2) is 5.56. The predicted octanol–water partition coefficient (Wildman–Crippen LogP) is 4.62. The van der Waals surface area contributed by atoms with Crippen LogP contribution >= 0.6 is 0 Å². The minimum Gasteiger partial charge on any atom is -0.0690 e. The van der Waals surface area contributed by atoms with Gasteiger partial charge in [-0.15, -0.1) is 0 Å². The highest BCUT2D eigenvalue weighted by molar-refractivity contribution is 6.61. The lowest BCUT2D eigenvalue weighted by atomic mass is 9.28. The highest BCUT2D eigenvalue weighted by Gasteiger charge is 2.32. The molecule has 2 unspecified atom stereocenters. The minimum atomic E-state index is 0.916. The molecule has 16 heavy (non-hydrogen) atoms. The van der Waals surface area contributed by atoms with Gasteiger partial charge in [0.05, 0.1) is 0 Å². The Bertz CT molecular complexity index is 306. The second-order valence-corrected chi connectivity index (χ2v) is 5.43. The fourth-order valence-electron chi connectivity index (χ4n) is 3.36. The Labute approximate surface area is 101 Å². The summed E-state index contributed by atoms with van der Waals surface area (Å²) in [4.78, 5) is 0. The molecular formula is C15H23B. The average molecular weight is 214 g/mol. The third kappa shape index (κ3) is 2.69. The quantitative estimate of drug-likeness (QED) is 0.644. The summed E-state index contributed by atoms with van der Waals surface area (Å²) in [5.41, 5.74) is 1.53. The van der Waals surface area contributed by atoms with Crippen LogP contribution in [0.2, 0.25) is 11.6 Å². The van der Waals surface area contributed by atoms with Crippen molar-refractivity contribution in [2.45, 2.75) is 57.5 Å². The Balaban J connectivity index is 2.05. The molecule has 0 nitrogen and oxygen atoms in total. The van der Waals surface area contributed by atoms with Crippen LogP contribution in [0.4, 0.5) is 0 Å². The molecular weight excluding hydrogens is 191 g/mol. The number of rotatable bonds is 3. The van der Waals surface area contributed by atoms with E-state index < -0.39 is 0 Å². The maximum absolute atomic E-state index is 2.45. The summed E-state index contributed by atoms with van der Waals surface area (Å²) in [5, 5.41) is 0. The first-order chi connectivity index (χ1) is 7.81. The highest BCUT2D eigenvalue weighted by atomic mass is 14.2. The normalized spacial score (nSPS) is 25.8. The highest BCUT2D eigenvalue weighted by Crippen LogP contribution is 2.39. The monoisotopic (exact) mass is 214 g/mol. The summed E-state index contributed by atoms with van der Waals surface area (Å²) in [6.45, 7) is 5.73. The van der Waals surface area contributed by atoms with Crippen molar-refractivity contribution in [1.29, 1.82) is 0 Å². The topological polar surface area (TPSA) is 0 Å². The van der Waals surface area contributed by atoms with Gasteiger partial charge in [0.25, 0.3) is 0 Å². The zero-order valence-electron chi connectivity index (χ0n) is 10.7. The van der Waals surface area contributed by atoms with Crippen molar-refractivity contribution in [3.63, 3.8) is 0 Å². The second-order valence-electron chi connectivity index (χ2n) is 5.43. The first-order valence-corrected chi connectivity index (χ1v) is 6.85. The van der Waals surface area contributed by atoms with Crippen LogP contribution < -0.4 is 0 Å². The molecule has 1 aliphatic heterocycles. The third-order valence-corrected chi connectivity index (χ3v) is 4.41. The van der Waals surface area contributed by atoms with E-state index in [-0.39, 0.29) is 0 Å². The van der Waals surface area contributed by atoms with Crippen LogP contribution in [0.1, 0.15) is 45.1 Å². The van der Waals surface area contributed by atoms with Gasteiger partial charge >= 0.3 is 0 Å². The van der Waals surface area contributed by atoms with Crippen LogP contribution in [0.3, 0.4) is 0 Å². The zero-order chi connectivity index (χ0) is 11.4. The third-order valence-electron chi connectivity index (χ3n) is 4.41. The van der Waals surface area contributed by atoms with Crippen LogP contribution in [0, 0.1) is 0 Å². The SMILES string of the molecule is CCC1CCCC(C)B1Cc1ccccc1. The van der Waals surface area contributed by atoms with E-state index in [0.717, 1.165) is 18.3 Å². The van der Waals surface area contributed by atoms with Gasteiger partial charge < -0.3 is 0 Å². The van der Waals surface area contributed by atoms with Gasteiger partial charge in [-0.25, -0.2) is 0 Å². The summed E-state index contributed by atoms with van der Waals surface area (Å²) < 4.78 is 0. The summed E-state index contributed by atoms with van der Waals surface area (Å²) >= 11 is 0. The summed E-state index contributed by atoms with van der Waals surface area (Å²) in [5.74, 6) is 1.88. The minimum absolute atomic E-state index is 0.916. The zero-order valence-corrected chi connectivity index (χ0v) is 10.7. The molecule has 0 amide bonds. The van der Waals surface area contributed by atoms with Crippen molar-refractivity contribution in [3.8, 4) is 0 Å². The molecule has 0 bridgehead atoms. The van der Waals surface area contributed by atoms with E-state index in [1.165, 1.54) is 37.6 Å². The van der Waals surface area contributed by atoms with Gasteiger partial charge in [0.15, 0.2) is 6.71 Å². The van der Waals surface area contributed by atoms with Gasteiger partial charge in [-0.05, 0) is 6.32 Å². The molecule has 1 heterocycles. The Hall–Kier alpha value is -0.715. The van der Waals surface area contributed by atoms with Crippen LogP contribution in [-0.2, 0) is 6.32 Å². The fraction of sp³-hybridized carbons (Fsp3) is 0.600. The van der Waals surface area contributed by atoms with Crippen molar-refractivity contribution in [3.05, 3.63) is 35.9 Å². The molecule has 0 saturated carbocycles. The number of benzene rings is 1. The van der Waals surface area contributed by atoms with Gasteiger partial charge in [0, 0.05) is 0 Å². The molecule has 0 radical (unpaired) electrons. The first-order valence-electron chi connectivity index (χ1n) is 6.85. The summed E-state index contributed by atoms with van der Waals surface area (Å²) in [6.07, 6.45) is 7.00. The lowest BCUT2D eigenvalue weighted by molar-refractivity contribution is 0.556. The lowest BCUT2D eigenvalue weighted by Gasteiger charge is -2.33. The van der Waals surface area contributed by atoms with E-state index in [1.54, 1.807) is 0 Å². The van der Waals surface area contributed by atoms with Crippen molar-refractivity contribution >= 4 is 6.71 Å². The van der Waals surface area contributed by atoms with Gasteiger partial charge in [0.2, 0.25) is 0 Å². The van der Waals surface area contributed by atoms with Crippen molar-refractivity contribution in [2.24, 2.45) is 0 Å². The Morgan fingerprint density at radius 3 is 2.62 bits per heavy atom. The number of hydrogen-bond acceptors (Lipinski definition) is 0. The van der Waals surface area contributed by atoms with E-state index in [2.05, 4.69) is 44.2 Å². The smallest absolute Gasteiger partial charge is 0.0690 e. The molecule has 1 aromatic carbocycles. The molecule has 0 aromatic heterocycles. The molecule has 1 aromatic rings. The molecule has 86 valence electrons. The Kier molecular flexibility index (Phi) is 4.09. The molecule has 1 fully saturated rings. The first kappa shape index (κ1) is 11.8. The fourth-order valence-corrected chi connectivity index (χ4v) is 3.36. The Morgan fingerprint density at radius 1 is 1.19 bits per heavy atom. The maximum Gasteiger partial charge on any atom is 0.150 e. The lowest BCUT2D eigenvalue weighted by Crippen LogP contribution is -2.32. The Morgan fingerprint density at radius 2 is 1.94 bits per heavy atom. The van der Waals surface area contributed by atoms with Crippen molar-refractivity contribution in [1.82, 2.24) is 0 Å². The molecule has 2 rings (SSSR count). The van der Waals surface area contributed by atoms with Crippen molar-refractivity contribution < 1.29 is 0 Å². The molecule has 1 saturated heterocycles. The summed E-state index contributed by atoms with van der Waals surface area (Å²) in [6, 6.07) is 11.0. The van der Waals surface area contributed by atoms with E-state index in [1.807, 2.05) is 0 Å². The van der Waals surface area contributed by atoms with E-state index >= 15 is 0 Å². The molecule has 0 N–H and O–H groups in total.